The number of anilines is 1. The second-order valence-corrected chi connectivity index (χ2v) is 7.66. The van der Waals surface area contributed by atoms with E-state index in [0.29, 0.717) is 18.4 Å². The van der Waals surface area contributed by atoms with Gasteiger partial charge in [-0.2, -0.15) is 17.6 Å². The highest BCUT2D eigenvalue weighted by atomic mass is 35.5. The molecule has 154 valence electrons. The van der Waals surface area contributed by atoms with Gasteiger partial charge in [0, 0.05) is 30.3 Å². The van der Waals surface area contributed by atoms with Gasteiger partial charge >= 0.3 is 6.18 Å². The zero-order chi connectivity index (χ0) is 20.9. The van der Waals surface area contributed by atoms with E-state index in [4.69, 9.17) is 11.6 Å². The molecule has 10 heteroatoms. The number of nitrogens with zero attached hydrogens (tertiary/aromatic N) is 1. The van der Waals surface area contributed by atoms with Gasteiger partial charge in [0.05, 0.1) is 16.3 Å². The molecule has 1 fully saturated rings. The van der Waals surface area contributed by atoms with Crippen LogP contribution in [0.5, 0.6) is 0 Å². The van der Waals surface area contributed by atoms with Crippen molar-refractivity contribution in [1.82, 2.24) is 10.3 Å². The topological polar surface area (TPSA) is 54.0 Å². The molecule has 1 aromatic carbocycles. The Kier molecular flexibility index (Phi) is 4.98. The number of benzene rings is 1. The van der Waals surface area contributed by atoms with Crippen molar-refractivity contribution < 1.29 is 26.7 Å². The van der Waals surface area contributed by atoms with Crippen LogP contribution in [-0.2, 0) is 17.4 Å². The summed E-state index contributed by atoms with van der Waals surface area (Å²) in [5, 5.41) is 4.93. The molecule has 3 atom stereocenters. The van der Waals surface area contributed by atoms with Crippen LogP contribution in [0.4, 0.5) is 27.6 Å². The summed E-state index contributed by atoms with van der Waals surface area (Å²) < 4.78 is 66.4. The van der Waals surface area contributed by atoms with Crippen LogP contribution in [0.15, 0.2) is 24.4 Å². The number of pyridine rings is 1. The summed E-state index contributed by atoms with van der Waals surface area (Å²) in [6, 6.07) is 2.51. The summed E-state index contributed by atoms with van der Waals surface area (Å²) >= 11 is 5.59. The van der Waals surface area contributed by atoms with Crippen LogP contribution in [0.2, 0.25) is 5.02 Å². The molecule has 1 saturated heterocycles. The van der Waals surface area contributed by atoms with Crippen LogP contribution in [0.3, 0.4) is 0 Å². The maximum atomic E-state index is 14.0. The highest BCUT2D eigenvalue weighted by Crippen LogP contribution is 2.41. The number of carbonyl (C=O) groups excluding carboxylic acids is 1. The minimum Gasteiger partial charge on any atom is -0.324 e. The van der Waals surface area contributed by atoms with Gasteiger partial charge in [0.2, 0.25) is 11.9 Å². The third-order valence-corrected chi connectivity index (χ3v) is 5.76. The highest BCUT2D eigenvalue weighted by molar-refractivity contribution is 6.31. The minimum atomic E-state index is -4.80. The fourth-order valence-electron chi connectivity index (χ4n) is 4.13. The summed E-state index contributed by atoms with van der Waals surface area (Å²) in [6.45, 7) is 0. The molecule has 4 rings (SSSR count). The fraction of sp³-hybridized carbons (Fsp3) is 0.368. The number of fused-ring (bicyclic) bond motifs is 4. The van der Waals surface area contributed by atoms with E-state index in [1.807, 2.05) is 0 Å². The van der Waals surface area contributed by atoms with Gasteiger partial charge in [-0.15, -0.1) is 0 Å². The van der Waals surface area contributed by atoms with Crippen LogP contribution in [0, 0.1) is 17.7 Å². The monoisotopic (exact) mass is 431 g/mol. The third-order valence-electron chi connectivity index (χ3n) is 5.45. The van der Waals surface area contributed by atoms with Crippen LogP contribution >= 0.6 is 11.6 Å². The highest BCUT2D eigenvalue weighted by Gasteiger charge is 2.41. The smallest absolute Gasteiger partial charge is 0.324 e. The first kappa shape index (κ1) is 20.0. The van der Waals surface area contributed by atoms with Crippen LogP contribution in [0.1, 0.15) is 35.6 Å². The first-order chi connectivity index (χ1) is 13.6. The van der Waals surface area contributed by atoms with Crippen LogP contribution in [0.25, 0.3) is 0 Å². The number of amides is 1. The Labute approximate surface area is 167 Å². The lowest BCUT2D eigenvalue weighted by molar-refractivity contribution is -0.137. The Bertz CT molecular complexity index is 981. The fourth-order valence-corrected chi connectivity index (χ4v) is 4.40. The van der Waals surface area contributed by atoms with Gasteiger partial charge in [-0.25, -0.2) is 9.37 Å². The predicted molar refractivity (Wildman–Crippen MR) is 95.3 cm³/mol. The molecule has 0 saturated carbocycles. The summed E-state index contributed by atoms with van der Waals surface area (Å²) in [7, 11) is 0. The number of nitrogens with one attached hydrogen (secondary N) is 2. The summed E-state index contributed by atoms with van der Waals surface area (Å²) in [4.78, 5) is 16.1. The van der Waals surface area contributed by atoms with Crippen LogP contribution in [-0.4, -0.2) is 16.9 Å². The summed E-state index contributed by atoms with van der Waals surface area (Å²) in [5.41, 5.74) is -0.376. The maximum absolute atomic E-state index is 14.0. The molecule has 1 amide bonds. The molecular formula is C19H15ClF5N3O. The number of rotatable bonds is 3. The van der Waals surface area contributed by atoms with Gasteiger partial charge in [-0.3, -0.25) is 4.79 Å². The Morgan fingerprint density at radius 1 is 1.31 bits per heavy atom. The second kappa shape index (κ2) is 7.21. The molecule has 2 aliphatic rings. The van der Waals surface area contributed by atoms with Crippen molar-refractivity contribution in [2.45, 2.75) is 37.5 Å². The standard InChI is InChI=1S/C19H15ClF5N3O/c20-12-7-16(13(21)6-11(12)19(23,24)25)28-17(29)4-8-3-15-9-1-2-26-18(22)10(9)5-14(8)27-15/h1-2,6-8,14-15,27H,3-5H2,(H,28,29)/t8?,14-,15-/m0/s1. The number of halogens is 6. The molecule has 2 N–H and O–H groups in total. The zero-order valence-electron chi connectivity index (χ0n) is 14.8. The Morgan fingerprint density at radius 2 is 2.07 bits per heavy atom. The average Bonchev–Trinajstić information content (AvgIpc) is 2.94. The van der Waals surface area contributed by atoms with Crippen molar-refractivity contribution in [2.24, 2.45) is 5.92 Å². The predicted octanol–water partition coefficient (Wildman–Crippen LogP) is 4.64. The number of alkyl halides is 3. The van der Waals surface area contributed by atoms with Gasteiger partial charge < -0.3 is 10.6 Å². The molecule has 0 spiro atoms. The van der Waals surface area contributed by atoms with Crippen LogP contribution < -0.4 is 10.6 Å². The molecule has 1 aromatic heterocycles. The molecule has 29 heavy (non-hydrogen) atoms. The van der Waals surface area contributed by atoms with E-state index in [1.54, 1.807) is 6.07 Å². The van der Waals surface area contributed by atoms with Gasteiger partial charge in [-0.1, -0.05) is 11.6 Å². The van der Waals surface area contributed by atoms with E-state index in [9.17, 15) is 26.7 Å². The normalized spacial score (nSPS) is 23.0. The molecule has 2 aromatic rings. The largest absolute Gasteiger partial charge is 0.417 e. The number of hydrogen-bond donors (Lipinski definition) is 2. The van der Waals surface area contributed by atoms with Crippen molar-refractivity contribution >= 4 is 23.2 Å². The van der Waals surface area contributed by atoms with Crippen molar-refractivity contribution in [3.63, 3.8) is 0 Å². The first-order valence-electron chi connectivity index (χ1n) is 8.89. The quantitative estimate of drug-likeness (QED) is 0.550. The van der Waals surface area contributed by atoms with Crippen molar-refractivity contribution in [3.05, 3.63) is 57.9 Å². The number of aromatic nitrogens is 1. The first-order valence-corrected chi connectivity index (χ1v) is 9.26. The van der Waals surface area contributed by atoms with Gasteiger partial charge in [0.1, 0.15) is 5.82 Å². The van der Waals surface area contributed by atoms with Crippen molar-refractivity contribution in [2.75, 3.05) is 5.32 Å². The molecule has 0 radical (unpaired) electrons. The van der Waals surface area contributed by atoms with Crippen molar-refractivity contribution in [1.29, 1.82) is 0 Å². The lowest BCUT2D eigenvalue weighted by Gasteiger charge is -2.25. The summed E-state index contributed by atoms with van der Waals surface area (Å²) in [6.07, 6.45) is -2.43. The van der Waals surface area contributed by atoms with E-state index >= 15 is 0 Å². The molecule has 1 unspecified atom stereocenters. The molecule has 2 aliphatic heterocycles. The Hall–Kier alpha value is -2.26. The average molecular weight is 432 g/mol. The number of carbonyl (C=O) groups is 1. The van der Waals surface area contributed by atoms with E-state index in [1.165, 1.54) is 6.20 Å². The van der Waals surface area contributed by atoms with Crippen molar-refractivity contribution in [3.8, 4) is 0 Å². The molecular weight excluding hydrogens is 417 g/mol. The lowest BCUT2D eigenvalue weighted by atomic mass is 9.93. The van der Waals surface area contributed by atoms with E-state index in [2.05, 4.69) is 15.6 Å². The summed E-state index contributed by atoms with van der Waals surface area (Å²) in [5.74, 6) is -2.44. The molecule has 4 nitrogen and oxygen atoms in total. The third kappa shape index (κ3) is 3.81. The van der Waals surface area contributed by atoms with E-state index in [-0.39, 0.29) is 30.5 Å². The number of hydrogen-bond acceptors (Lipinski definition) is 3. The molecule has 3 heterocycles. The van der Waals surface area contributed by atoms with E-state index < -0.39 is 40.1 Å². The SMILES string of the molecule is O=C(CC1C[C@@H]2N[C@H]1Cc1c2ccnc1F)Nc1cc(Cl)c(C(F)(F)F)cc1F. The second-order valence-electron chi connectivity index (χ2n) is 7.26. The molecule has 2 bridgehead atoms. The zero-order valence-corrected chi connectivity index (χ0v) is 15.5. The lowest BCUT2D eigenvalue weighted by Crippen LogP contribution is -2.36. The van der Waals surface area contributed by atoms with Gasteiger partial charge in [0.25, 0.3) is 0 Å². The maximum Gasteiger partial charge on any atom is 0.417 e. The van der Waals surface area contributed by atoms with Gasteiger partial charge in [-0.05, 0) is 42.5 Å². The van der Waals surface area contributed by atoms with E-state index in [0.717, 1.165) is 11.6 Å². The molecule has 0 aliphatic carbocycles. The minimum absolute atomic E-state index is 0.00921. The Balaban J connectivity index is 1.46. The Morgan fingerprint density at radius 3 is 2.79 bits per heavy atom. The van der Waals surface area contributed by atoms with Gasteiger partial charge in [0.15, 0.2) is 0 Å².